The number of sulfonamides is 1. The van der Waals surface area contributed by atoms with Crippen LogP contribution < -0.4 is 15.0 Å². The summed E-state index contributed by atoms with van der Waals surface area (Å²) in [6.07, 6.45) is 2.96. The maximum Gasteiger partial charge on any atom is 0.243 e. The van der Waals surface area contributed by atoms with E-state index in [1.165, 1.54) is 4.31 Å². The van der Waals surface area contributed by atoms with Crippen LogP contribution >= 0.6 is 0 Å². The van der Waals surface area contributed by atoms with Crippen LogP contribution in [0.5, 0.6) is 5.75 Å². The largest absolute Gasteiger partial charge is 0.493 e. The average molecular weight is 446 g/mol. The molecule has 2 aromatic carbocycles. The SMILES string of the molecule is Cc1ccc(OCCC(=O)Nc2cc(S(=O)(=O)N3CCCCC3)ccc2N(C)C)cc1. The molecule has 0 radical (unpaired) electrons. The Morgan fingerprint density at radius 2 is 1.74 bits per heavy atom. The van der Waals surface area contributed by atoms with Crippen LogP contribution in [0.2, 0.25) is 0 Å². The van der Waals surface area contributed by atoms with Crippen LogP contribution in [-0.2, 0) is 14.8 Å². The molecule has 1 aliphatic heterocycles. The standard InChI is InChI=1S/C23H31N3O4S/c1-18-7-9-19(10-8-18)30-16-13-23(27)24-21-17-20(11-12-22(21)25(2)3)31(28,29)26-14-5-4-6-15-26/h7-12,17H,4-6,13-16H2,1-3H3,(H,24,27). The highest BCUT2D eigenvalue weighted by atomic mass is 32.2. The maximum atomic E-state index is 13.0. The maximum absolute atomic E-state index is 13.0. The predicted octanol–water partition coefficient (Wildman–Crippen LogP) is 3.64. The number of hydrogen-bond acceptors (Lipinski definition) is 5. The van der Waals surface area contributed by atoms with Crippen LogP contribution in [0, 0.1) is 6.92 Å². The van der Waals surface area contributed by atoms with Gasteiger partial charge in [0.1, 0.15) is 5.75 Å². The van der Waals surface area contributed by atoms with E-state index in [0.29, 0.717) is 24.5 Å². The van der Waals surface area contributed by atoms with Gasteiger partial charge in [-0.3, -0.25) is 4.79 Å². The molecule has 1 aliphatic rings. The molecule has 0 atom stereocenters. The van der Waals surface area contributed by atoms with Crippen molar-refractivity contribution in [3.8, 4) is 5.75 Å². The molecule has 7 nitrogen and oxygen atoms in total. The highest BCUT2D eigenvalue weighted by Gasteiger charge is 2.27. The quantitative estimate of drug-likeness (QED) is 0.671. The summed E-state index contributed by atoms with van der Waals surface area (Å²) in [5, 5.41) is 2.86. The first-order chi connectivity index (χ1) is 14.8. The second kappa shape index (κ2) is 10.2. The topological polar surface area (TPSA) is 78.9 Å². The minimum Gasteiger partial charge on any atom is -0.493 e. The molecule has 3 rings (SSSR count). The molecule has 1 amide bonds. The molecule has 1 N–H and O–H groups in total. The second-order valence-electron chi connectivity index (χ2n) is 8.00. The third-order valence-corrected chi connectivity index (χ3v) is 7.19. The number of ether oxygens (including phenoxy) is 1. The zero-order chi connectivity index (χ0) is 22.4. The molecule has 1 fully saturated rings. The minimum absolute atomic E-state index is 0.157. The van der Waals surface area contributed by atoms with Crippen molar-refractivity contribution in [2.45, 2.75) is 37.5 Å². The first-order valence-electron chi connectivity index (χ1n) is 10.6. The van der Waals surface area contributed by atoms with Gasteiger partial charge in [0.25, 0.3) is 0 Å². The summed E-state index contributed by atoms with van der Waals surface area (Å²) in [7, 11) is 0.122. The Morgan fingerprint density at radius 1 is 1.06 bits per heavy atom. The lowest BCUT2D eigenvalue weighted by atomic mass is 10.2. The summed E-state index contributed by atoms with van der Waals surface area (Å²) in [5.74, 6) is 0.477. The fraction of sp³-hybridized carbons (Fsp3) is 0.435. The van der Waals surface area contributed by atoms with Crippen LogP contribution in [0.3, 0.4) is 0 Å². The average Bonchev–Trinajstić information content (AvgIpc) is 2.75. The van der Waals surface area contributed by atoms with Gasteiger partial charge in [0.05, 0.1) is 29.3 Å². The molecular formula is C23H31N3O4S. The van der Waals surface area contributed by atoms with Crippen LogP contribution in [-0.4, -0.2) is 52.4 Å². The fourth-order valence-corrected chi connectivity index (χ4v) is 5.07. The first kappa shape index (κ1) is 23.1. The second-order valence-corrected chi connectivity index (χ2v) is 9.94. The molecule has 168 valence electrons. The van der Waals surface area contributed by atoms with E-state index in [1.807, 2.05) is 50.2 Å². The van der Waals surface area contributed by atoms with E-state index < -0.39 is 10.0 Å². The Morgan fingerprint density at radius 3 is 2.39 bits per heavy atom. The van der Waals surface area contributed by atoms with Crippen LogP contribution in [0.25, 0.3) is 0 Å². The van der Waals surface area contributed by atoms with E-state index in [1.54, 1.807) is 18.2 Å². The van der Waals surface area contributed by atoms with Crippen molar-refractivity contribution < 1.29 is 17.9 Å². The Balaban J connectivity index is 1.70. The molecular weight excluding hydrogens is 414 g/mol. The molecule has 2 aromatic rings. The van der Waals surface area contributed by atoms with Crippen molar-refractivity contribution >= 4 is 27.3 Å². The number of benzene rings is 2. The predicted molar refractivity (Wildman–Crippen MR) is 123 cm³/mol. The molecule has 0 aliphatic carbocycles. The monoisotopic (exact) mass is 445 g/mol. The molecule has 1 heterocycles. The lowest BCUT2D eigenvalue weighted by Gasteiger charge is -2.26. The van der Waals surface area contributed by atoms with E-state index in [4.69, 9.17) is 4.74 Å². The van der Waals surface area contributed by atoms with Crippen LogP contribution in [0.15, 0.2) is 47.4 Å². The smallest absolute Gasteiger partial charge is 0.243 e. The lowest BCUT2D eigenvalue weighted by Crippen LogP contribution is -2.35. The number of carbonyl (C=O) groups is 1. The number of carbonyl (C=O) groups excluding carboxylic acids is 1. The molecule has 0 unspecified atom stereocenters. The van der Waals surface area contributed by atoms with Gasteiger partial charge in [-0.15, -0.1) is 0 Å². The third kappa shape index (κ3) is 5.98. The Kier molecular flexibility index (Phi) is 7.56. The zero-order valence-electron chi connectivity index (χ0n) is 18.4. The van der Waals surface area contributed by atoms with Crippen LogP contribution in [0.1, 0.15) is 31.2 Å². The van der Waals surface area contributed by atoms with Gasteiger partial charge in [-0.25, -0.2) is 8.42 Å². The van der Waals surface area contributed by atoms with Gasteiger partial charge in [0, 0.05) is 27.2 Å². The number of aryl methyl sites for hydroxylation is 1. The van der Waals surface area contributed by atoms with Crippen molar-refractivity contribution in [1.82, 2.24) is 4.31 Å². The van der Waals surface area contributed by atoms with E-state index >= 15 is 0 Å². The van der Waals surface area contributed by atoms with Crippen LogP contribution in [0.4, 0.5) is 11.4 Å². The summed E-state index contributed by atoms with van der Waals surface area (Å²) in [6, 6.07) is 12.5. The van der Waals surface area contributed by atoms with E-state index in [-0.39, 0.29) is 23.8 Å². The Hall–Kier alpha value is -2.58. The van der Waals surface area contributed by atoms with Gasteiger partial charge in [0.2, 0.25) is 15.9 Å². The molecule has 0 bridgehead atoms. The minimum atomic E-state index is -3.58. The highest BCUT2D eigenvalue weighted by Crippen LogP contribution is 2.30. The summed E-state index contributed by atoms with van der Waals surface area (Å²) in [6.45, 7) is 3.31. The number of anilines is 2. The van der Waals surface area contributed by atoms with Gasteiger partial charge in [-0.05, 0) is 50.1 Å². The van der Waals surface area contributed by atoms with E-state index in [9.17, 15) is 13.2 Å². The number of piperidine rings is 1. The highest BCUT2D eigenvalue weighted by molar-refractivity contribution is 7.89. The Bertz CT molecular complexity index is 998. The number of amides is 1. The third-order valence-electron chi connectivity index (χ3n) is 5.30. The van der Waals surface area contributed by atoms with Gasteiger partial charge in [-0.2, -0.15) is 4.31 Å². The molecule has 31 heavy (non-hydrogen) atoms. The van der Waals surface area contributed by atoms with Crippen molar-refractivity contribution in [2.24, 2.45) is 0 Å². The van der Waals surface area contributed by atoms with Gasteiger partial charge in [0.15, 0.2) is 0 Å². The van der Waals surface area contributed by atoms with E-state index in [0.717, 1.165) is 30.5 Å². The summed E-state index contributed by atoms with van der Waals surface area (Å²) in [4.78, 5) is 14.6. The number of nitrogens with one attached hydrogen (secondary N) is 1. The van der Waals surface area contributed by atoms with Crippen molar-refractivity contribution in [3.63, 3.8) is 0 Å². The molecule has 8 heteroatoms. The van der Waals surface area contributed by atoms with Gasteiger partial charge >= 0.3 is 0 Å². The zero-order valence-corrected chi connectivity index (χ0v) is 19.2. The first-order valence-corrected chi connectivity index (χ1v) is 12.0. The van der Waals surface area contributed by atoms with Crippen molar-refractivity contribution in [3.05, 3.63) is 48.0 Å². The summed E-state index contributed by atoms with van der Waals surface area (Å²) >= 11 is 0. The normalized spacial score (nSPS) is 14.8. The fourth-order valence-electron chi connectivity index (χ4n) is 3.53. The lowest BCUT2D eigenvalue weighted by molar-refractivity contribution is -0.116. The van der Waals surface area contributed by atoms with E-state index in [2.05, 4.69) is 5.32 Å². The number of nitrogens with zero attached hydrogens (tertiary/aromatic N) is 2. The Labute approximate surface area is 185 Å². The van der Waals surface area contributed by atoms with Crippen molar-refractivity contribution in [1.29, 1.82) is 0 Å². The summed E-state index contributed by atoms with van der Waals surface area (Å²) < 4.78 is 33.2. The summed E-state index contributed by atoms with van der Waals surface area (Å²) in [5.41, 5.74) is 2.36. The number of rotatable bonds is 8. The molecule has 0 aromatic heterocycles. The van der Waals surface area contributed by atoms with Gasteiger partial charge < -0.3 is 15.0 Å². The number of hydrogen-bond donors (Lipinski definition) is 1. The van der Waals surface area contributed by atoms with Crippen molar-refractivity contribution in [2.75, 3.05) is 44.0 Å². The molecule has 0 saturated carbocycles. The molecule has 1 saturated heterocycles. The molecule has 0 spiro atoms. The van der Waals surface area contributed by atoms with Gasteiger partial charge in [-0.1, -0.05) is 24.1 Å².